The van der Waals surface area contributed by atoms with E-state index in [4.69, 9.17) is 0 Å². The van der Waals surface area contributed by atoms with Gasteiger partial charge in [-0.15, -0.1) is 0 Å². The van der Waals surface area contributed by atoms with Gasteiger partial charge in [-0.3, -0.25) is 10.1 Å². The van der Waals surface area contributed by atoms with E-state index in [0.29, 0.717) is 5.39 Å². The molecule has 0 atom stereocenters. The van der Waals surface area contributed by atoms with Crippen molar-refractivity contribution in [3.05, 3.63) is 65.0 Å². The van der Waals surface area contributed by atoms with E-state index in [1.54, 1.807) is 12.3 Å². The first kappa shape index (κ1) is 9.72. The van der Waals surface area contributed by atoms with Crippen LogP contribution in [0.15, 0.2) is 54.9 Å². The first-order chi connectivity index (χ1) is 8.25. The number of fused-ring (bicyclic) bond motifs is 2. The summed E-state index contributed by atoms with van der Waals surface area (Å²) in [5, 5.41) is 12.5. The molecule has 0 saturated carbocycles. The van der Waals surface area contributed by atoms with Crippen LogP contribution >= 0.6 is 0 Å². The maximum absolute atomic E-state index is 10.9. The van der Waals surface area contributed by atoms with Gasteiger partial charge >= 0.3 is 0 Å². The Kier molecular flexibility index (Phi) is 2.01. The van der Waals surface area contributed by atoms with Crippen molar-refractivity contribution >= 4 is 22.0 Å². The van der Waals surface area contributed by atoms with E-state index >= 15 is 0 Å². The van der Waals surface area contributed by atoms with Crippen LogP contribution in [0.5, 0.6) is 0 Å². The van der Waals surface area contributed by atoms with Crippen LogP contribution < -0.4 is 4.40 Å². The molecule has 4 nitrogen and oxygen atoms in total. The largest absolute Gasteiger partial charge is 0.283 e. The quantitative estimate of drug-likeness (QED) is 0.276. The molecule has 0 spiro atoms. The number of nitro benzene ring substituents is 1. The summed E-state index contributed by atoms with van der Waals surface area (Å²) in [6.45, 7) is 0. The lowest BCUT2D eigenvalue weighted by atomic mass is 10.1. The predicted molar refractivity (Wildman–Crippen MR) is 63.8 cm³/mol. The van der Waals surface area contributed by atoms with Crippen molar-refractivity contribution in [3.63, 3.8) is 0 Å². The molecule has 3 rings (SSSR count). The standard InChI is InChI=1S/C13H9N2O2/c16-15(17)13-6-3-4-10-8-11-5-1-2-7-14(11)9-12(10)13/h1-9H/q+1. The van der Waals surface area contributed by atoms with Crippen molar-refractivity contribution in [1.82, 2.24) is 0 Å². The molecule has 1 aromatic carbocycles. The molecule has 0 aliphatic carbocycles. The number of benzene rings is 1. The Morgan fingerprint density at radius 3 is 2.82 bits per heavy atom. The number of nitro groups is 1. The summed E-state index contributed by atoms with van der Waals surface area (Å²) in [6, 6.07) is 12.9. The highest BCUT2D eigenvalue weighted by Gasteiger charge is 2.15. The number of hydrogen-bond acceptors (Lipinski definition) is 2. The van der Waals surface area contributed by atoms with E-state index in [0.717, 1.165) is 10.9 Å². The molecular weight excluding hydrogens is 216 g/mol. The summed E-state index contributed by atoms with van der Waals surface area (Å²) in [5.41, 5.74) is 1.15. The van der Waals surface area contributed by atoms with Crippen molar-refractivity contribution in [1.29, 1.82) is 0 Å². The zero-order valence-corrected chi connectivity index (χ0v) is 8.91. The van der Waals surface area contributed by atoms with E-state index < -0.39 is 0 Å². The van der Waals surface area contributed by atoms with Crippen LogP contribution in [-0.2, 0) is 0 Å². The summed E-state index contributed by atoms with van der Waals surface area (Å²) >= 11 is 0. The number of aromatic nitrogens is 1. The van der Waals surface area contributed by atoms with Crippen molar-refractivity contribution < 1.29 is 9.32 Å². The third-order valence-electron chi connectivity index (χ3n) is 2.81. The molecule has 0 saturated heterocycles. The zero-order valence-electron chi connectivity index (χ0n) is 8.91. The van der Waals surface area contributed by atoms with Gasteiger partial charge in [0.15, 0.2) is 12.4 Å². The SMILES string of the molecule is O=[N+]([O-])c1cccc2cc3cccc[n+]3cc12. The maximum atomic E-state index is 10.9. The van der Waals surface area contributed by atoms with Gasteiger partial charge in [0.05, 0.1) is 4.92 Å². The van der Waals surface area contributed by atoms with Crippen LogP contribution in [0.1, 0.15) is 0 Å². The molecule has 4 heteroatoms. The van der Waals surface area contributed by atoms with E-state index in [9.17, 15) is 10.1 Å². The Balaban J connectivity index is 2.47. The van der Waals surface area contributed by atoms with Crippen LogP contribution in [0.2, 0.25) is 0 Å². The molecule has 0 aliphatic heterocycles. The van der Waals surface area contributed by atoms with Gasteiger partial charge in [-0.05, 0) is 6.07 Å². The summed E-state index contributed by atoms with van der Waals surface area (Å²) in [4.78, 5) is 10.6. The number of non-ortho nitro benzene ring substituents is 1. The molecule has 0 bridgehead atoms. The van der Waals surface area contributed by atoms with Crippen molar-refractivity contribution in [3.8, 4) is 0 Å². The molecule has 0 unspecified atom stereocenters. The molecule has 82 valence electrons. The number of nitrogens with zero attached hydrogens (tertiary/aromatic N) is 2. The van der Waals surface area contributed by atoms with E-state index in [1.165, 1.54) is 6.07 Å². The van der Waals surface area contributed by atoms with E-state index in [1.807, 2.05) is 40.9 Å². The smallest absolute Gasteiger partial charge is 0.258 e. The first-order valence-corrected chi connectivity index (χ1v) is 5.23. The van der Waals surface area contributed by atoms with Gasteiger partial charge in [0.1, 0.15) is 5.39 Å². The lowest BCUT2D eigenvalue weighted by molar-refractivity contribution is -0.510. The van der Waals surface area contributed by atoms with Gasteiger partial charge in [-0.25, -0.2) is 0 Å². The Morgan fingerprint density at radius 2 is 2.00 bits per heavy atom. The van der Waals surface area contributed by atoms with Gasteiger partial charge in [-0.2, -0.15) is 4.40 Å². The van der Waals surface area contributed by atoms with Crippen LogP contribution in [0.25, 0.3) is 16.3 Å². The van der Waals surface area contributed by atoms with Crippen LogP contribution in [0, 0.1) is 10.1 Å². The second-order valence-corrected chi connectivity index (χ2v) is 3.84. The fourth-order valence-electron chi connectivity index (χ4n) is 2.00. The summed E-state index contributed by atoms with van der Waals surface area (Å²) in [5.74, 6) is 0. The Morgan fingerprint density at radius 1 is 1.12 bits per heavy atom. The number of rotatable bonds is 1. The highest BCUT2D eigenvalue weighted by atomic mass is 16.6. The average Bonchev–Trinajstić information content (AvgIpc) is 2.35. The minimum atomic E-state index is -0.350. The lowest BCUT2D eigenvalue weighted by Crippen LogP contribution is -2.19. The molecule has 17 heavy (non-hydrogen) atoms. The van der Waals surface area contributed by atoms with E-state index in [-0.39, 0.29) is 10.6 Å². The van der Waals surface area contributed by atoms with Gasteiger partial charge < -0.3 is 0 Å². The fourth-order valence-corrected chi connectivity index (χ4v) is 2.00. The fraction of sp³-hybridized carbons (Fsp3) is 0. The van der Waals surface area contributed by atoms with Crippen LogP contribution in [-0.4, -0.2) is 4.92 Å². The van der Waals surface area contributed by atoms with Gasteiger partial charge in [0, 0.05) is 29.7 Å². The highest BCUT2D eigenvalue weighted by molar-refractivity contribution is 5.91. The molecule has 0 N–H and O–H groups in total. The lowest BCUT2D eigenvalue weighted by Gasteiger charge is -1.98. The minimum absolute atomic E-state index is 0.140. The van der Waals surface area contributed by atoms with E-state index in [2.05, 4.69) is 0 Å². The van der Waals surface area contributed by atoms with Gasteiger partial charge in [-0.1, -0.05) is 12.1 Å². The first-order valence-electron chi connectivity index (χ1n) is 5.23. The second kappa shape index (κ2) is 3.52. The summed E-state index contributed by atoms with van der Waals surface area (Å²) < 4.78 is 1.88. The van der Waals surface area contributed by atoms with Crippen LogP contribution in [0.3, 0.4) is 0 Å². The molecule has 0 aliphatic rings. The molecule has 2 heterocycles. The van der Waals surface area contributed by atoms with Crippen molar-refractivity contribution in [2.45, 2.75) is 0 Å². The Hall–Kier alpha value is -2.49. The summed E-state index contributed by atoms with van der Waals surface area (Å²) in [6.07, 6.45) is 3.67. The molecule has 0 radical (unpaired) electrons. The zero-order chi connectivity index (χ0) is 11.8. The summed E-state index contributed by atoms with van der Waals surface area (Å²) in [7, 11) is 0. The Bertz CT molecular complexity index is 738. The molecule has 3 aromatic rings. The minimum Gasteiger partial charge on any atom is -0.258 e. The monoisotopic (exact) mass is 225 g/mol. The highest BCUT2D eigenvalue weighted by Crippen LogP contribution is 2.24. The third-order valence-corrected chi connectivity index (χ3v) is 2.81. The molecule has 0 amide bonds. The Labute approximate surface area is 96.9 Å². The normalized spacial score (nSPS) is 10.8. The van der Waals surface area contributed by atoms with Crippen molar-refractivity contribution in [2.75, 3.05) is 0 Å². The van der Waals surface area contributed by atoms with Crippen LogP contribution in [0.4, 0.5) is 5.69 Å². The second-order valence-electron chi connectivity index (χ2n) is 3.84. The molecular formula is C13H9N2O2+. The molecule has 0 fully saturated rings. The molecule has 2 aromatic heterocycles. The number of pyridine rings is 2. The maximum Gasteiger partial charge on any atom is 0.283 e. The van der Waals surface area contributed by atoms with Gasteiger partial charge in [0.2, 0.25) is 5.52 Å². The number of hydrogen-bond donors (Lipinski definition) is 0. The van der Waals surface area contributed by atoms with Gasteiger partial charge in [0.25, 0.3) is 5.69 Å². The third kappa shape index (κ3) is 1.50. The van der Waals surface area contributed by atoms with Crippen molar-refractivity contribution in [2.24, 2.45) is 0 Å². The average molecular weight is 225 g/mol. The topological polar surface area (TPSA) is 47.2 Å². The predicted octanol–water partition coefficient (Wildman–Crippen LogP) is 2.49.